The first-order valence-corrected chi connectivity index (χ1v) is 27.2. The SMILES string of the molecule is CCCCCCC[O][Sn]([O][Sn]([O]CCCCCCC)([C](F)(F)C(F)CC)[C](F)(F)C(F)CC)([C](F)(F)C(F)CC)[C](F)(F)C(F)CC. The van der Waals surface area contributed by atoms with E-state index in [1.165, 1.54) is 0 Å². The van der Waals surface area contributed by atoms with Crippen LogP contribution in [0.4, 0.5) is 52.7 Å². The Morgan fingerprint density at radius 1 is 0.404 bits per heavy atom. The van der Waals surface area contributed by atoms with Gasteiger partial charge in [-0.05, 0) is 0 Å². The normalized spacial score (nSPS) is 18.8. The molecule has 284 valence electrons. The molecule has 47 heavy (non-hydrogen) atoms. The fourth-order valence-corrected chi connectivity index (χ4v) is 42.8. The zero-order valence-corrected chi connectivity index (χ0v) is 34.1. The number of rotatable bonds is 28. The molecule has 0 saturated heterocycles. The molecular weight excluding hydrogens is 874 g/mol. The second-order valence-electron chi connectivity index (χ2n) is 11.9. The first kappa shape index (κ1) is 47.6. The molecule has 4 atom stereocenters. The molecule has 0 aromatic rings. The van der Waals surface area contributed by atoms with Crippen molar-refractivity contribution < 1.29 is 60.2 Å². The second-order valence-corrected chi connectivity index (χ2v) is 32.6. The van der Waals surface area contributed by atoms with Crippen molar-refractivity contribution in [2.45, 2.75) is 172 Å². The number of alkyl halides is 12. The topological polar surface area (TPSA) is 27.7 Å². The fourth-order valence-electron chi connectivity index (χ4n) is 5.06. The Kier molecular flexibility index (Phi) is 21.5. The van der Waals surface area contributed by atoms with Crippen molar-refractivity contribution in [3.05, 3.63) is 0 Å². The van der Waals surface area contributed by atoms with Gasteiger partial charge in [0.2, 0.25) is 0 Å². The Morgan fingerprint density at radius 2 is 0.638 bits per heavy atom. The van der Waals surface area contributed by atoms with Crippen molar-refractivity contribution in [3.8, 4) is 0 Å². The molecule has 3 nitrogen and oxygen atoms in total. The van der Waals surface area contributed by atoms with Crippen LogP contribution >= 0.6 is 0 Å². The first-order valence-electron chi connectivity index (χ1n) is 16.8. The molecule has 0 bridgehead atoms. The molecule has 0 radical (unpaired) electrons. The van der Waals surface area contributed by atoms with E-state index in [0.717, 1.165) is 27.7 Å². The molecule has 0 aromatic heterocycles. The molecular formula is C30H54F12O3Sn2. The van der Waals surface area contributed by atoms with Crippen LogP contribution in [-0.4, -0.2) is 92.1 Å². The standard InChI is InChI=1S/2C7H15O.4C4H6F3.O.2Sn/c2*1-2-3-4-5-6-7-8;4*1-2-3(5)4(6)7;;;/h2*2-7H2,1H3;4*3H,2H2,1H3;;;/q2*-1;;;;;;2*+1. The van der Waals surface area contributed by atoms with Crippen molar-refractivity contribution in [2.24, 2.45) is 0 Å². The molecule has 17 heteroatoms. The monoisotopic (exact) mass is 930 g/mol. The van der Waals surface area contributed by atoms with Gasteiger partial charge >= 0.3 is 284 Å². The van der Waals surface area contributed by atoms with Gasteiger partial charge in [0.1, 0.15) is 0 Å². The Hall–Kier alpha value is 0.637. The van der Waals surface area contributed by atoms with E-state index in [1.54, 1.807) is 0 Å². The van der Waals surface area contributed by atoms with E-state index in [-0.39, 0.29) is 25.7 Å². The molecule has 0 aliphatic carbocycles. The quantitative estimate of drug-likeness (QED) is 0.0445. The Bertz CT molecular complexity index is 747. The van der Waals surface area contributed by atoms with Gasteiger partial charge < -0.3 is 0 Å². The summed E-state index contributed by atoms with van der Waals surface area (Å²) < 4.78 is 183. The van der Waals surface area contributed by atoms with Crippen molar-refractivity contribution >= 4 is 38.4 Å². The molecule has 0 N–H and O–H groups in total. The molecule has 0 fully saturated rings. The Morgan fingerprint density at radius 3 is 0.851 bits per heavy atom. The number of unbranched alkanes of at least 4 members (excludes halogenated alkanes) is 8. The predicted molar refractivity (Wildman–Crippen MR) is 163 cm³/mol. The Balaban J connectivity index is 8.00. The summed E-state index contributed by atoms with van der Waals surface area (Å²) in [5.74, 6) is 0. The third-order valence-corrected chi connectivity index (χ3v) is 37.9. The molecule has 0 rings (SSSR count). The number of hydrogen-bond donors (Lipinski definition) is 0. The van der Waals surface area contributed by atoms with Gasteiger partial charge in [-0.1, -0.05) is 0 Å². The van der Waals surface area contributed by atoms with Crippen LogP contribution in [0.15, 0.2) is 0 Å². The first-order chi connectivity index (χ1) is 21.8. The summed E-state index contributed by atoms with van der Waals surface area (Å²) in [7, 11) is 0. The molecule has 0 aliphatic rings. The van der Waals surface area contributed by atoms with Gasteiger partial charge in [-0.3, -0.25) is 0 Å². The third-order valence-electron chi connectivity index (χ3n) is 8.16. The molecule has 4 unspecified atom stereocenters. The van der Waals surface area contributed by atoms with Crippen LogP contribution in [0.2, 0.25) is 0 Å². The molecule has 0 saturated carbocycles. The van der Waals surface area contributed by atoms with Gasteiger partial charge in [0, 0.05) is 0 Å². The summed E-state index contributed by atoms with van der Waals surface area (Å²) in [6.45, 7) is 4.50. The molecule has 0 heterocycles. The molecule has 0 aromatic carbocycles. The van der Waals surface area contributed by atoms with E-state index in [0.29, 0.717) is 38.5 Å². The van der Waals surface area contributed by atoms with Gasteiger partial charge in [-0.15, -0.1) is 0 Å². The van der Waals surface area contributed by atoms with E-state index < -0.39 is 118 Å². The van der Waals surface area contributed by atoms with E-state index in [1.807, 2.05) is 13.8 Å². The zero-order chi connectivity index (χ0) is 36.7. The van der Waals surface area contributed by atoms with E-state index >= 15 is 52.7 Å². The maximum absolute atomic E-state index is 16.3. The van der Waals surface area contributed by atoms with E-state index in [4.69, 9.17) is 7.56 Å². The van der Waals surface area contributed by atoms with Crippen LogP contribution in [0, 0.1) is 0 Å². The van der Waals surface area contributed by atoms with Crippen molar-refractivity contribution in [2.75, 3.05) is 13.2 Å². The van der Waals surface area contributed by atoms with E-state index in [9.17, 15) is 0 Å². The summed E-state index contributed by atoms with van der Waals surface area (Å²) >= 11 is -17.9. The minimum absolute atomic E-state index is 0.159. The summed E-state index contributed by atoms with van der Waals surface area (Å²) in [5.41, 5.74) is 0. The molecule has 0 spiro atoms. The summed E-state index contributed by atoms with van der Waals surface area (Å²) in [6.07, 6.45) is -16.3. The van der Waals surface area contributed by atoms with Crippen molar-refractivity contribution in [1.82, 2.24) is 0 Å². The van der Waals surface area contributed by atoms with Crippen LogP contribution in [0.25, 0.3) is 0 Å². The second kappa shape index (κ2) is 21.2. The summed E-state index contributed by atoms with van der Waals surface area (Å²) in [6, 6.07) is 0. The van der Waals surface area contributed by atoms with Gasteiger partial charge in [-0.2, -0.15) is 0 Å². The Labute approximate surface area is 282 Å². The van der Waals surface area contributed by atoms with Gasteiger partial charge in [0.15, 0.2) is 0 Å². The predicted octanol–water partition coefficient (Wildman–Crippen LogP) is 11.6. The van der Waals surface area contributed by atoms with Gasteiger partial charge in [0.05, 0.1) is 0 Å². The van der Waals surface area contributed by atoms with Crippen molar-refractivity contribution in [3.63, 3.8) is 0 Å². The minimum atomic E-state index is -8.95. The summed E-state index contributed by atoms with van der Waals surface area (Å²) in [5, 5.41) is 0. The molecule has 0 amide bonds. The van der Waals surface area contributed by atoms with Crippen LogP contribution in [0.3, 0.4) is 0 Å². The van der Waals surface area contributed by atoms with Crippen LogP contribution in [0.1, 0.15) is 131 Å². The number of halogens is 12. The average molecular weight is 928 g/mol. The van der Waals surface area contributed by atoms with E-state index in [2.05, 4.69) is 0 Å². The van der Waals surface area contributed by atoms with Crippen molar-refractivity contribution in [1.29, 1.82) is 0 Å². The van der Waals surface area contributed by atoms with Crippen LogP contribution < -0.4 is 0 Å². The van der Waals surface area contributed by atoms with Crippen LogP contribution in [0.5, 0.6) is 0 Å². The zero-order valence-electron chi connectivity index (χ0n) is 28.4. The number of hydrogen-bond acceptors (Lipinski definition) is 3. The maximum atomic E-state index is 16.3. The third kappa shape index (κ3) is 10.8. The molecule has 0 aliphatic heterocycles. The van der Waals surface area contributed by atoms with Crippen LogP contribution in [-0.2, 0) is 7.56 Å². The van der Waals surface area contributed by atoms with Gasteiger partial charge in [0.25, 0.3) is 0 Å². The summed E-state index contributed by atoms with van der Waals surface area (Å²) in [4.78, 5) is 0. The fraction of sp³-hybridized carbons (Fsp3) is 1.00. The average Bonchev–Trinajstić information content (AvgIpc) is 3.03. The van der Waals surface area contributed by atoms with Gasteiger partial charge in [-0.25, -0.2) is 0 Å².